The van der Waals surface area contributed by atoms with Gasteiger partial charge in [-0.05, 0) is 43.0 Å². The van der Waals surface area contributed by atoms with Crippen LogP contribution in [0, 0.1) is 0 Å². The Labute approximate surface area is 203 Å². The minimum Gasteiger partial charge on any atom is -0.369 e. The average molecular weight is 469 g/mol. The van der Waals surface area contributed by atoms with Gasteiger partial charge in [-0.3, -0.25) is 19.9 Å². The summed E-state index contributed by atoms with van der Waals surface area (Å²) in [5, 5.41) is 18.9. The van der Waals surface area contributed by atoms with E-state index >= 15 is 0 Å². The van der Waals surface area contributed by atoms with Crippen LogP contribution in [0.15, 0.2) is 49.1 Å². The van der Waals surface area contributed by atoms with Gasteiger partial charge >= 0.3 is 0 Å². The Kier molecular flexibility index (Phi) is 5.44. The van der Waals surface area contributed by atoms with Crippen LogP contribution < -0.4 is 20.9 Å². The van der Waals surface area contributed by atoms with Crippen molar-refractivity contribution < 1.29 is 4.79 Å². The molecule has 9 heteroatoms. The van der Waals surface area contributed by atoms with Crippen LogP contribution in [0.1, 0.15) is 44.5 Å². The van der Waals surface area contributed by atoms with Crippen molar-refractivity contribution in [3.8, 4) is 11.1 Å². The summed E-state index contributed by atoms with van der Waals surface area (Å²) in [5.41, 5.74) is 7.72. The van der Waals surface area contributed by atoms with Crippen molar-refractivity contribution in [1.82, 2.24) is 20.2 Å². The third-order valence-corrected chi connectivity index (χ3v) is 6.76. The highest BCUT2D eigenvalue weighted by Crippen LogP contribution is 2.43. The molecule has 3 aromatic heterocycles. The molecule has 2 aliphatic rings. The largest absolute Gasteiger partial charge is 0.369 e. The molecule has 35 heavy (non-hydrogen) atoms. The van der Waals surface area contributed by atoms with Crippen molar-refractivity contribution in [2.24, 2.45) is 0 Å². The quantitative estimate of drug-likeness (QED) is 0.330. The van der Waals surface area contributed by atoms with E-state index in [1.165, 1.54) is 19.3 Å². The van der Waals surface area contributed by atoms with E-state index < -0.39 is 0 Å². The molecule has 9 nitrogen and oxygen atoms in total. The molecule has 1 amide bonds. The van der Waals surface area contributed by atoms with E-state index in [2.05, 4.69) is 47.1 Å². The van der Waals surface area contributed by atoms with E-state index in [9.17, 15) is 4.79 Å². The van der Waals surface area contributed by atoms with Crippen LogP contribution in [0.2, 0.25) is 0 Å². The maximum atomic E-state index is 11.8. The lowest BCUT2D eigenvalue weighted by molar-refractivity contribution is -0.115. The van der Waals surface area contributed by atoms with E-state index in [-0.39, 0.29) is 12.1 Å². The maximum absolute atomic E-state index is 11.8. The van der Waals surface area contributed by atoms with E-state index in [4.69, 9.17) is 0 Å². The third-order valence-electron chi connectivity index (χ3n) is 6.76. The van der Waals surface area contributed by atoms with Crippen molar-refractivity contribution in [3.63, 3.8) is 0 Å². The van der Waals surface area contributed by atoms with Gasteiger partial charge in [-0.25, -0.2) is 0 Å². The number of nitrogens with zero attached hydrogens (tertiary/aromatic N) is 4. The number of piperidine rings is 1. The number of carbonyl (C=O) groups excluding carboxylic acids is 1. The standard InChI is InChI=1S/C26H28N8O/c1-2-23(35)29-18-10-17(12-27-13-18)16-6-7-20-19(11-16)24(33-32-20)26-30-21-14-28-15-22(25(21)31-26)34-8-4-3-5-9-34/h6-7,10-15,26,30-31H,2-5,8-9H2,1H3,(H,29,35)(H,32,33). The number of anilines is 4. The molecule has 1 fully saturated rings. The fourth-order valence-electron chi connectivity index (χ4n) is 4.91. The summed E-state index contributed by atoms with van der Waals surface area (Å²) in [6.45, 7) is 3.95. The molecule has 0 bridgehead atoms. The van der Waals surface area contributed by atoms with Crippen molar-refractivity contribution in [2.45, 2.75) is 38.8 Å². The second-order valence-electron chi connectivity index (χ2n) is 9.08. The Morgan fingerprint density at radius 1 is 1.03 bits per heavy atom. The number of aromatic nitrogens is 4. The molecule has 4 N–H and O–H groups in total. The predicted octanol–water partition coefficient (Wildman–Crippen LogP) is 4.89. The number of rotatable bonds is 5. The molecular weight excluding hydrogens is 440 g/mol. The lowest BCUT2D eigenvalue weighted by Gasteiger charge is -2.29. The lowest BCUT2D eigenvalue weighted by Crippen LogP contribution is -2.30. The molecule has 0 radical (unpaired) electrons. The Balaban J connectivity index is 1.31. The number of benzene rings is 1. The molecular formula is C26H28N8O. The molecule has 2 aliphatic heterocycles. The van der Waals surface area contributed by atoms with Crippen LogP contribution in [-0.4, -0.2) is 39.2 Å². The number of pyridine rings is 2. The summed E-state index contributed by atoms with van der Waals surface area (Å²) < 4.78 is 0. The first-order valence-electron chi connectivity index (χ1n) is 12.2. The monoisotopic (exact) mass is 468 g/mol. The lowest BCUT2D eigenvalue weighted by atomic mass is 10.0. The van der Waals surface area contributed by atoms with Crippen molar-refractivity contribution >= 4 is 39.6 Å². The third kappa shape index (κ3) is 4.03. The van der Waals surface area contributed by atoms with Gasteiger partial charge < -0.3 is 20.9 Å². The minimum atomic E-state index is -0.147. The van der Waals surface area contributed by atoms with Crippen LogP contribution in [0.3, 0.4) is 0 Å². The summed E-state index contributed by atoms with van der Waals surface area (Å²) in [6.07, 6.45) is 11.3. The van der Waals surface area contributed by atoms with Gasteiger partial charge in [0.15, 0.2) is 0 Å². The summed E-state index contributed by atoms with van der Waals surface area (Å²) in [5.74, 6) is -0.0344. The summed E-state index contributed by atoms with van der Waals surface area (Å²) in [7, 11) is 0. The number of hydrogen-bond acceptors (Lipinski definition) is 7. The molecule has 1 aromatic carbocycles. The number of aromatic amines is 1. The number of hydrogen-bond donors (Lipinski definition) is 4. The van der Waals surface area contributed by atoms with Gasteiger partial charge in [0.05, 0.1) is 52.6 Å². The molecule has 4 aromatic rings. The summed E-state index contributed by atoms with van der Waals surface area (Å²) in [4.78, 5) is 23.0. The highest BCUT2D eigenvalue weighted by molar-refractivity contribution is 5.93. The molecule has 6 rings (SSSR count). The van der Waals surface area contributed by atoms with Gasteiger partial charge in [0.25, 0.3) is 0 Å². The fraction of sp³-hybridized carbons (Fsp3) is 0.308. The molecule has 1 saturated heterocycles. The summed E-state index contributed by atoms with van der Waals surface area (Å²) >= 11 is 0. The average Bonchev–Trinajstić information content (AvgIpc) is 3.53. The highest BCUT2D eigenvalue weighted by Gasteiger charge is 2.28. The smallest absolute Gasteiger partial charge is 0.224 e. The first kappa shape index (κ1) is 21.4. The van der Waals surface area contributed by atoms with Crippen LogP contribution in [0.4, 0.5) is 22.7 Å². The van der Waals surface area contributed by atoms with Crippen molar-refractivity contribution in [2.75, 3.05) is 33.9 Å². The second-order valence-corrected chi connectivity index (χ2v) is 9.08. The SMILES string of the molecule is CCC(=O)Nc1cncc(-c2ccc3n[nH]c(C4Nc5cncc(N6CCCCC6)c5N4)c3c2)c1. The van der Waals surface area contributed by atoms with E-state index in [1.807, 2.05) is 37.5 Å². The zero-order chi connectivity index (χ0) is 23.8. The zero-order valence-electron chi connectivity index (χ0n) is 19.6. The Morgan fingerprint density at radius 3 is 2.74 bits per heavy atom. The first-order valence-corrected chi connectivity index (χ1v) is 12.2. The molecule has 0 aliphatic carbocycles. The predicted molar refractivity (Wildman–Crippen MR) is 139 cm³/mol. The van der Waals surface area contributed by atoms with Gasteiger partial charge in [-0.15, -0.1) is 0 Å². The first-order chi connectivity index (χ1) is 17.2. The van der Waals surface area contributed by atoms with Gasteiger partial charge in [-0.2, -0.15) is 5.10 Å². The molecule has 178 valence electrons. The van der Waals surface area contributed by atoms with E-state index in [1.54, 1.807) is 12.4 Å². The fourth-order valence-corrected chi connectivity index (χ4v) is 4.91. The Hall–Kier alpha value is -4.14. The number of carbonyl (C=O) groups is 1. The van der Waals surface area contributed by atoms with Crippen LogP contribution in [-0.2, 0) is 4.79 Å². The van der Waals surface area contributed by atoms with Crippen molar-refractivity contribution in [1.29, 1.82) is 0 Å². The van der Waals surface area contributed by atoms with E-state index in [0.717, 1.165) is 57.9 Å². The maximum Gasteiger partial charge on any atom is 0.224 e. The topological polar surface area (TPSA) is 111 Å². The normalized spacial score (nSPS) is 17.1. The number of amides is 1. The summed E-state index contributed by atoms with van der Waals surface area (Å²) in [6, 6.07) is 8.09. The highest BCUT2D eigenvalue weighted by atomic mass is 16.1. The van der Waals surface area contributed by atoms with Gasteiger partial charge in [-0.1, -0.05) is 13.0 Å². The van der Waals surface area contributed by atoms with Crippen LogP contribution in [0.25, 0.3) is 22.0 Å². The molecule has 1 unspecified atom stereocenters. The Bertz CT molecular complexity index is 1390. The van der Waals surface area contributed by atoms with Gasteiger partial charge in [0.2, 0.25) is 5.91 Å². The number of fused-ring (bicyclic) bond motifs is 2. The minimum absolute atomic E-state index is 0.0344. The van der Waals surface area contributed by atoms with Crippen LogP contribution in [0.5, 0.6) is 0 Å². The molecule has 0 saturated carbocycles. The van der Waals surface area contributed by atoms with Gasteiger partial charge in [0, 0.05) is 36.7 Å². The number of nitrogens with one attached hydrogen (secondary N) is 4. The van der Waals surface area contributed by atoms with Gasteiger partial charge in [0.1, 0.15) is 6.17 Å². The molecule has 5 heterocycles. The number of H-pyrrole nitrogens is 1. The van der Waals surface area contributed by atoms with E-state index in [0.29, 0.717) is 12.1 Å². The van der Waals surface area contributed by atoms with Crippen LogP contribution >= 0.6 is 0 Å². The van der Waals surface area contributed by atoms with Crippen molar-refractivity contribution in [3.05, 3.63) is 54.7 Å². The molecule has 1 atom stereocenters. The zero-order valence-corrected chi connectivity index (χ0v) is 19.6. The Morgan fingerprint density at radius 2 is 1.89 bits per heavy atom. The second kappa shape index (κ2) is 8.90. The molecule has 0 spiro atoms.